The number of nitrogens with zero attached hydrogens (tertiary/aromatic N) is 2. The minimum atomic E-state index is -0.481. The molecule has 27 heavy (non-hydrogen) atoms. The summed E-state index contributed by atoms with van der Waals surface area (Å²) in [6, 6.07) is 11.7. The summed E-state index contributed by atoms with van der Waals surface area (Å²) < 4.78 is 24.9. The number of carbonyl (C=O) groups is 1. The summed E-state index contributed by atoms with van der Waals surface area (Å²) in [4.78, 5) is 20.8. The van der Waals surface area contributed by atoms with Gasteiger partial charge in [0.05, 0.1) is 17.6 Å². The van der Waals surface area contributed by atoms with Crippen molar-refractivity contribution in [2.75, 3.05) is 20.3 Å². The van der Waals surface area contributed by atoms with Crippen LogP contribution in [0.4, 0.5) is 4.39 Å². The molecule has 0 aliphatic rings. The zero-order chi connectivity index (χ0) is 19.1. The number of pyridine rings is 2. The first kappa shape index (κ1) is 18.7. The minimum Gasteiger partial charge on any atom is -0.490 e. The van der Waals surface area contributed by atoms with Crippen LogP contribution < -0.4 is 10.1 Å². The lowest BCUT2D eigenvalue weighted by Crippen LogP contribution is -2.24. The summed E-state index contributed by atoms with van der Waals surface area (Å²) in [6.45, 7) is 0.938. The van der Waals surface area contributed by atoms with Crippen LogP contribution in [0.5, 0.6) is 5.75 Å². The molecule has 0 radical (unpaired) electrons. The second-order valence-electron chi connectivity index (χ2n) is 5.84. The van der Waals surface area contributed by atoms with Crippen LogP contribution in [0.3, 0.4) is 0 Å². The third-order valence-corrected chi connectivity index (χ3v) is 3.92. The molecule has 0 aliphatic carbocycles. The molecule has 140 valence electrons. The van der Waals surface area contributed by atoms with Crippen molar-refractivity contribution in [3.8, 4) is 5.75 Å². The average molecular weight is 369 g/mol. The topological polar surface area (TPSA) is 73.3 Å². The largest absolute Gasteiger partial charge is 0.490 e. The van der Waals surface area contributed by atoms with E-state index in [1.807, 2.05) is 0 Å². The average Bonchev–Trinajstić information content (AvgIpc) is 2.70. The Kier molecular flexibility index (Phi) is 6.27. The fraction of sp³-hybridized carbons (Fsp3) is 0.250. The number of rotatable bonds is 8. The van der Waals surface area contributed by atoms with Crippen molar-refractivity contribution in [3.63, 3.8) is 0 Å². The number of nitrogens with one attached hydrogen (secondary N) is 1. The smallest absolute Gasteiger partial charge is 0.270 e. The molecule has 3 rings (SSSR count). The van der Waals surface area contributed by atoms with Gasteiger partial charge in [0.25, 0.3) is 5.91 Å². The van der Waals surface area contributed by atoms with Crippen LogP contribution in [0.25, 0.3) is 11.0 Å². The number of halogens is 1. The van der Waals surface area contributed by atoms with Gasteiger partial charge in [-0.25, -0.2) is 9.37 Å². The van der Waals surface area contributed by atoms with Crippen molar-refractivity contribution < 1.29 is 18.7 Å². The maximum Gasteiger partial charge on any atom is 0.270 e. The van der Waals surface area contributed by atoms with E-state index in [2.05, 4.69) is 15.3 Å². The summed E-state index contributed by atoms with van der Waals surface area (Å²) in [5.41, 5.74) is 1.93. The summed E-state index contributed by atoms with van der Waals surface area (Å²) in [5.74, 6) is -0.704. The van der Waals surface area contributed by atoms with Crippen molar-refractivity contribution in [2.45, 2.75) is 13.0 Å². The third kappa shape index (κ3) is 4.77. The van der Waals surface area contributed by atoms with E-state index in [4.69, 9.17) is 9.47 Å². The standard InChI is InChI=1S/C20H20FN3O3/c1-26-11-4-12-27-18-7-2-5-14(19(18)21)13-23-20(25)17-9-8-15-16(24-17)6-3-10-22-15/h2-3,5-10H,4,11-13H2,1H3,(H,23,25). The van der Waals surface area contributed by atoms with Crippen molar-refractivity contribution in [1.82, 2.24) is 15.3 Å². The molecule has 0 fully saturated rings. The first-order valence-corrected chi connectivity index (χ1v) is 8.58. The number of ether oxygens (including phenoxy) is 2. The molecule has 1 amide bonds. The Labute approximate surface area is 156 Å². The highest BCUT2D eigenvalue weighted by Crippen LogP contribution is 2.20. The Morgan fingerprint density at radius 2 is 2.00 bits per heavy atom. The van der Waals surface area contributed by atoms with Gasteiger partial charge in [0.2, 0.25) is 0 Å². The maximum atomic E-state index is 14.5. The molecule has 0 spiro atoms. The molecule has 2 aromatic heterocycles. The zero-order valence-corrected chi connectivity index (χ0v) is 14.9. The van der Waals surface area contributed by atoms with E-state index in [0.29, 0.717) is 36.2 Å². The molecular weight excluding hydrogens is 349 g/mol. The summed E-state index contributed by atoms with van der Waals surface area (Å²) in [6.07, 6.45) is 2.33. The number of fused-ring (bicyclic) bond motifs is 1. The molecule has 0 saturated heterocycles. The van der Waals surface area contributed by atoms with Gasteiger partial charge >= 0.3 is 0 Å². The molecule has 0 bridgehead atoms. The van der Waals surface area contributed by atoms with Crippen LogP contribution in [0.1, 0.15) is 22.5 Å². The monoisotopic (exact) mass is 369 g/mol. The fourth-order valence-corrected chi connectivity index (χ4v) is 2.54. The van der Waals surface area contributed by atoms with Gasteiger partial charge in [0.15, 0.2) is 11.6 Å². The van der Waals surface area contributed by atoms with E-state index in [1.54, 1.807) is 55.8 Å². The van der Waals surface area contributed by atoms with Gasteiger partial charge in [0.1, 0.15) is 5.69 Å². The molecule has 0 unspecified atom stereocenters. The van der Waals surface area contributed by atoms with Gasteiger partial charge in [-0.15, -0.1) is 0 Å². The van der Waals surface area contributed by atoms with Gasteiger partial charge in [-0.3, -0.25) is 9.78 Å². The van der Waals surface area contributed by atoms with Crippen LogP contribution in [-0.2, 0) is 11.3 Å². The van der Waals surface area contributed by atoms with Crippen molar-refractivity contribution in [2.24, 2.45) is 0 Å². The van der Waals surface area contributed by atoms with Gasteiger partial charge in [-0.1, -0.05) is 12.1 Å². The highest BCUT2D eigenvalue weighted by atomic mass is 19.1. The highest BCUT2D eigenvalue weighted by molar-refractivity contribution is 5.94. The first-order chi connectivity index (χ1) is 13.2. The van der Waals surface area contributed by atoms with E-state index in [9.17, 15) is 9.18 Å². The van der Waals surface area contributed by atoms with Crippen molar-refractivity contribution in [1.29, 1.82) is 0 Å². The van der Waals surface area contributed by atoms with Gasteiger partial charge in [-0.2, -0.15) is 0 Å². The number of benzene rings is 1. The summed E-state index contributed by atoms with van der Waals surface area (Å²) in [7, 11) is 1.60. The quantitative estimate of drug-likeness (QED) is 0.618. The zero-order valence-electron chi connectivity index (χ0n) is 14.9. The summed E-state index contributed by atoms with van der Waals surface area (Å²) >= 11 is 0. The van der Waals surface area contributed by atoms with E-state index in [0.717, 1.165) is 0 Å². The molecule has 0 aliphatic heterocycles. The van der Waals surface area contributed by atoms with Crippen molar-refractivity contribution in [3.05, 3.63) is 65.7 Å². The molecule has 1 aromatic carbocycles. The number of aromatic nitrogens is 2. The second-order valence-corrected chi connectivity index (χ2v) is 5.84. The highest BCUT2D eigenvalue weighted by Gasteiger charge is 2.12. The number of carbonyl (C=O) groups excluding carboxylic acids is 1. The number of hydrogen-bond donors (Lipinski definition) is 1. The SMILES string of the molecule is COCCCOc1cccc(CNC(=O)c2ccc3ncccc3n2)c1F. The molecule has 0 saturated carbocycles. The molecule has 0 atom stereocenters. The van der Waals surface area contributed by atoms with E-state index in [1.165, 1.54) is 0 Å². The van der Waals surface area contributed by atoms with Crippen LogP contribution in [0.15, 0.2) is 48.7 Å². The lowest BCUT2D eigenvalue weighted by atomic mass is 10.2. The molecular formula is C20H20FN3O3. The van der Waals surface area contributed by atoms with Crippen molar-refractivity contribution >= 4 is 16.9 Å². The summed E-state index contributed by atoms with van der Waals surface area (Å²) in [5, 5.41) is 2.69. The Morgan fingerprint density at radius 3 is 2.85 bits per heavy atom. The van der Waals surface area contributed by atoms with E-state index in [-0.39, 0.29) is 23.9 Å². The Morgan fingerprint density at radius 1 is 1.11 bits per heavy atom. The van der Waals surface area contributed by atoms with Crippen LogP contribution >= 0.6 is 0 Å². The Hall–Kier alpha value is -3.06. The maximum absolute atomic E-state index is 14.5. The molecule has 2 heterocycles. The van der Waals surface area contributed by atoms with Gasteiger partial charge < -0.3 is 14.8 Å². The van der Waals surface area contributed by atoms with E-state index < -0.39 is 5.82 Å². The minimum absolute atomic E-state index is 0.0344. The fourth-order valence-electron chi connectivity index (χ4n) is 2.54. The van der Waals surface area contributed by atoms with Gasteiger partial charge in [0, 0.05) is 38.4 Å². The molecule has 3 aromatic rings. The Bertz CT molecular complexity index is 933. The number of methoxy groups -OCH3 is 1. The predicted octanol–water partition coefficient (Wildman–Crippen LogP) is 3.11. The third-order valence-electron chi connectivity index (χ3n) is 3.92. The number of hydrogen-bond acceptors (Lipinski definition) is 5. The van der Waals surface area contributed by atoms with Gasteiger partial charge in [-0.05, 0) is 30.3 Å². The van der Waals surface area contributed by atoms with E-state index >= 15 is 0 Å². The van der Waals surface area contributed by atoms with Crippen LogP contribution in [0, 0.1) is 5.82 Å². The lowest BCUT2D eigenvalue weighted by molar-refractivity contribution is 0.0946. The second kappa shape index (κ2) is 9.05. The predicted molar refractivity (Wildman–Crippen MR) is 99.1 cm³/mol. The lowest BCUT2D eigenvalue weighted by Gasteiger charge is -2.11. The molecule has 7 heteroatoms. The molecule has 6 nitrogen and oxygen atoms in total. The Balaban J connectivity index is 1.64. The van der Waals surface area contributed by atoms with Crippen LogP contribution in [0.2, 0.25) is 0 Å². The number of amides is 1. The van der Waals surface area contributed by atoms with Crippen LogP contribution in [-0.4, -0.2) is 36.2 Å². The molecule has 1 N–H and O–H groups in total. The first-order valence-electron chi connectivity index (χ1n) is 8.58. The normalized spacial score (nSPS) is 10.7.